The van der Waals surface area contributed by atoms with Crippen molar-refractivity contribution in [1.82, 2.24) is 0 Å². The third-order valence-electron chi connectivity index (χ3n) is 22.9. The summed E-state index contributed by atoms with van der Waals surface area (Å²) in [7, 11) is -27.2. The summed E-state index contributed by atoms with van der Waals surface area (Å²) >= 11 is 0. The lowest BCUT2D eigenvalue weighted by Crippen LogP contribution is -3.05. The number of rotatable bonds is 19. The van der Waals surface area contributed by atoms with Crippen molar-refractivity contribution in [3.63, 3.8) is 0 Å². The minimum absolute atomic E-state index is 1.56. The van der Waals surface area contributed by atoms with E-state index in [1.807, 2.05) is 0 Å². The van der Waals surface area contributed by atoms with E-state index in [-0.39, 0.29) is 0 Å². The molecular weight excluding hydrogens is 1150 g/mol. The molecule has 0 amide bonds. The Hall–Kier alpha value is -5.63. The van der Waals surface area contributed by atoms with Gasteiger partial charge in [0, 0.05) is 42.7 Å². The van der Waals surface area contributed by atoms with Gasteiger partial charge in [-0.25, -0.2) is 0 Å². The smallest absolute Gasteiger partial charge is 0.0735 e. The normalized spacial score (nSPS) is 13.4. The van der Waals surface area contributed by atoms with Crippen LogP contribution >= 0.6 is 0 Å². The number of benzene rings is 10. The van der Waals surface area contributed by atoms with Crippen LogP contribution in [0.1, 0.15) is 0 Å². The molecule has 0 saturated carbocycles. The maximum absolute atomic E-state index is 3.10. The Kier molecular flexibility index (Phi) is 16.8. The van der Waals surface area contributed by atoms with Crippen LogP contribution in [0.2, 0.25) is 78.6 Å². The summed E-state index contributed by atoms with van der Waals surface area (Å²) < 4.78 is 0. The highest BCUT2D eigenvalue weighted by molar-refractivity contribution is 8.10. The maximum Gasteiger partial charge on any atom is 0.146 e. The van der Waals surface area contributed by atoms with Gasteiger partial charge in [0.15, 0.2) is 0 Å². The predicted octanol–water partition coefficient (Wildman–Crippen LogP) is 11.8. The molecule has 0 aromatic heterocycles. The molecule has 0 unspecified atom stereocenters. The van der Waals surface area contributed by atoms with E-state index in [4.69, 9.17) is 0 Å². The minimum Gasteiger partial charge on any atom is -0.0735 e. The molecule has 10 aromatic carbocycles. The van der Waals surface area contributed by atoms with Crippen molar-refractivity contribution in [2.24, 2.45) is 0 Å². The van der Waals surface area contributed by atoms with Gasteiger partial charge in [-0.1, -0.05) is 434 Å². The van der Waals surface area contributed by atoms with Crippen LogP contribution in [0.3, 0.4) is 0 Å². The summed E-state index contributed by atoms with van der Waals surface area (Å²) in [6, 6.07) is 122. The zero-order valence-electron chi connectivity index (χ0n) is 50.9. The zero-order valence-corrected chi connectivity index (χ0v) is 60.9. The molecular formula is C72H86Si10. The third kappa shape index (κ3) is 8.63. The van der Waals surface area contributed by atoms with Crippen molar-refractivity contribution >= 4 is 124 Å². The van der Waals surface area contributed by atoms with Gasteiger partial charge in [0.1, 0.15) is 29.4 Å². The molecule has 10 rings (SSSR count). The lowest BCUT2D eigenvalue weighted by atomic mass is 10.3. The number of hydrogen-bond acceptors (Lipinski definition) is 0. The summed E-state index contributed by atoms with van der Waals surface area (Å²) in [5.41, 5.74) is 0. The van der Waals surface area contributed by atoms with Gasteiger partial charge >= 0.3 is 0 Å². The van der Waals surface area contributed by atoms with Crippen LogP contribution < -0.4 is 51.9 Å². The van der Waals surface area contributed by atoms with E-state index in [2.05, 4.69) is 382 Å². The standard InChI is InChI=1S/C72H86Si10/c1-73(2,75(5,6)77(9,10)81(69-55-35-19-36-56-69,70-57-37-20-38-58-70)79(63-43-23-13-24-44-63,64-45-25-14-26-46-64)65-47-27-15-28-48-65)74(3,4)76(7,8)78(11,12)82(71-59-39-21-40-60-71,72-61-41-22-42-62-72)80(66-49-29-16-30-50-66,67-51-31-17-32-52-67)68-53-33-18-34-54-68/h13-62H,1-12H3. The van der Waals surface area contributed by atoms with E-state index >= 15 is 0 Å². The second kappa shape index (κ2) is 23.1. The largest absolute Gasteiger partial charge is 0.146 e. The fourth-order valence-corrected chi connectivity index (χ4v) is 330. The van der Waals surface area contributed by atoms with E-state index in [0.29, 0.717) is 0 Å². The van der Waals surface area contributed by atoms with E-state index in [9.17, 15) is 0 Å². The van der Waals surface area contributed by atoms with Gasteiger partial charge in [0.2, 0.25) is 0 Å². The van der Waals surface area contributed by atoms with Gasteiger partial charge in [-0.15, -0.1) is 0 Å². The van der Waals surface area contributed by atoms with Gasteiger partial charge in [0.05, 0.1) is 0 Å². The van der Waals surface area contributed by atoms with Crippen molar-refractivity contribution in [1.29, 1.82) is 0 Å². The predicted molar refractivity (Wildman–Crippen MR) is 389 cm³/mol. The summed E-state index contributed by atoms with van der Waals surface area (Å²) in [6.45, 7) is 36.5. The Bertz CT molecular complexity index is 3140. The second-order valence-corrected chi connectivity index (χ2v) is 128. The molecule has 0 radical (unpaired) electrons. The van der Waals surface area contributed by atoms with Gasteiger partial charge < -0.3 is 0 Å². The molecule has 10 aromatic rings. The first kappa shape index (κ1) is 59.5. The highest BCUT2D eigenvalue weighted by Gasteiger charge is 2.78. The van der Waals surface area contributed by atoms with Crippen molar-refractivity contribution < 1.29 is 0 Å². The topological polar surface area (TPSA) is 0 Å². The van der Waals surface area contributed by atoms with Gasteiger partial charge in [-0.05, 0) is 0 Å². The molecule has 414 valence electrons. The van der Waals surface area contributed by atoms with E-state index in [1.165, 1.54) is 0 Å². The van der Waals surface area contributed by atoms with E-state index in [1.54, 1.807) is 51.9 Å². The summed E-state index contributed by atoms with van der Waals surface area (Å²) in [4.78, 5) is 0. The summed E-state index contributed by atoms with van der Waals surface area (Å²) in [5.74, 6) is 0. The van der Waals surface area contributed by atoms with Gasteiger partial charge in [-0.2, -0.15) is 0 Å². The average molecular weight is 1230 g/mol. The van der Waals surface area contributed by atoms with Crippen LogP contribution in [-0.2, 0) is 0 Å². The molecule has 0 aliphatic rings. The minimum atomic E-state index is -3.10. The van der Waals surface area contributed by atoms with Gasteiger partial charge in [-0.3, -0.25) is 0 Å². The lowest BCUT2D eigenvalue weighted by molar-refractivity contribution is 1.67. The van der Waals surface area contributed by atoms with Crippen molar-refractivity contribution in [2.75, 3.05) is 0 Å². The molecule has 0 N–H and O–H groups in total. The molecule has 10 heteroatoms. The summed E-state index contributed by atoms with van der Waals surface area (Å²) in [6.07, 6.45) is 0. The lowest BCUT2D eigenvalue weighted by Gasteiger charge is -2.69. The molecule has 82 heavy (non-hydrogen) atoms. The van der Waals surface area contributed by atoms with Crippen LogP contribution in [-0.4, -0.2) is 72.1 Å². The second-order valence-electron chi connectivity index (χ2n) is 26.4. The van der Waals surface area contributed by atoms with Crippen LogP contribution in [0, 0.1) is 0 Å². The molecule has 0 spiro atoms. The molecule has 0 aliphatic carbocycles. The van der Waals surface area contributed by atoms with Crippen molar-refractivity contribution in [3.8, 4) is 0 Å². The zero-order chi connectivity index (χ0) is 58.1. The van der Waals surface area contributed by atoms with Crippen molar-refractivity contribution in [3.05, 3.63) is 303 Å². The van der Waals surface area contributed by atoms with Crippen LogP contribution in [0.5, 0.6) is 0 Å². The fourth-order valence-electron chi connectivity index (χ4n) is 16.8. The molecule has 0 fully saturated rings. The SMILES string of the molecule is C[Si](C)([Si](C)(C)[Si](C)(C)[Si](C)(C)[Si](c1ccccc1)(c1ccccc1)[Si](c1ccccc1)(c1ccccc1)c1ccccc1)[Si](C)(C)[Si](C)(C)[Si](c1ccccc1)(c1ccccc1)[Si](c1ccccc1)(c1ccccc1)c1ccccc1. The average Bonchev–Trinajstić information content (AvgIpc) is 0.744. The third-order valence-corrected chi connectivity index (χ3v) is 230. The monoisotopic (exact) mass is 1230 g/mol. The van der Waals surface area contributed by atoms with Crippen LogP contribution in [0.25, 0.3) is 0 Å². The fraction of sp³-hybridized carbons (Fsp3) is 0.167. The Labute approximate surface area is 501 Å². The molecule has 0 bridgehead atoms. The van der Waals surface area contributed by atoms with Crippen molar-refractivity contribution in [2.45, 2.75) is 78.6 Å². The Morgan fingerprint density at radius 2 is 0.244 bits per heavy atom. The first-order chi connectivity index (χ1) is 39.3. The summed E-state index contributed by atoms with van der Waals surface area (Å²) in [5, 5.41) is 15.9. The molecule has 0 atom stereocenters. The Morgan fingerprint density at radius 1 is 0.134 bits per heavy atom. The van der Waals surface area contributed by atoms with E-state index < -0.39 is 72.1 Å². The van der Waals surface area contributed by atoms with Crippen LogP contribution in [0.15, 0.2) is 303 Å². The maximum atomic E-state index is 3.05. The molecule has 0 aliphatic heterocycles. The Morgan fingerprint density at radius 3 is 0.378 bits per heavy atom. The first-order valence-corrected chi connectivity index (χ1v) is 64.9. The molecule has 0 saturated heterocycles. The molecule has 0 heterocycles. The molecule has 0 nitrogen and oxygen atoms in total. The highest BCUT2D eigenvalue weighted by atomic mass is 30.1. The highest BCUT2D eigenvalue weighted by Crippen LogP contribution is 2.48. The van der Waals surface area contributed by atoms with E-state index in [0.717, 1.165) is 0 Å². The Balaban J connectivity index is 1.33. The van der Waals surface area contributed by atoms with Gasteiger partial charge in [0.25, 0.3) is 0 Å². The van der Waals surface area contributed by atoms with Crippen LogP contribution in [0.4, 0.5) is 0 Å². The number of hydrogen-bond donors (Lipinski definition) is 0. The first-order valence-electron chi connectivity index (χ1n) is 29.9. The quantitative estimate of drug-likeness (QED) is 0.0559.